The molecule has 1 amide bonds. The Hall–Kier alpha value is -2.88. The van der Waals surface area contributed by atoms with E-state index < -0.39 is 0 Å². The van der Waals surface area contributed by atoms with Gasteiger partial charge in [-0.3, -0.25) is 4.79 Å². The largest absolute Gasteiger partial charge is 0.456 e. The molecular formula is C28H34N2O2. The first-order valence-corrected chi connectivity index (χ1v) is 11.6. The van der Waals surface area contributed by atoms with E-state index in [2.05, 4.69) is 64.0 Å². The number of carbonyl (C=O) groups is 1. The highest BCUT2D eigenvalue weighted by Gasteiger charge is 2.37. The zero-order chi connectivity index (χ0) is 23.1. The average Bonchev–Trinajstić information content (AvgIpc) is 3.21. The molecule has 4 nitrogen and oxygen atoms in total. The molecule has 4 rings (SSSR count). The summed E-state index contributed by atoms with van der Waals surface area (Å²) in [5.41, 5.74) is 6.95. The van der Waals surface area contributed by atoms with Crippen molar-refractivity contribution in [1.29, 1.82) is 0 Å². The maximum Gasteiger partial charge on any atom is 0.292 e. The van der Waals surface area contributed by atoms with Gasteiger partial charge in [0.25, 0.3) is 5.91 Å². The van der Waals surface area contributed by atoms with Crippen LogP contribution in [0.25, 0.3) is 0 Å². The molecule has 0 saturated heterocycles. The first-order chi connectivity index (χ1) is 15.1. The number of fused-ring (bicyclic) bond motifs is 1. The lowest BCUT2D eigenvalue weighted by atomic mass is 9.62. The monoisotopic (exact) mass is 430 g/mol. The Morgan fingerprint density at radius 2 is 1.72 bits per heavy atom. The van der Waals surface area contributed by atoms with E-state index in [9.17, 15) is 4.79 Å². The van der Waals surface area contributed by atoms with E-state index in [1.807, 2.05) is 18.2 Å². The molecule has 1 aromatic carbocycles. The van der Waals surface area contributed by atoms with Crippen molar-refractivity contribution >= 4 is 11.7 Å². The Morgan fingerprint density at radius 1 is 1.03 bits per heavy atom. The van der Waals surface area contributed by atoms with Crippen molar-refractivity contribution in [2.75, 3.05) is 5.32 Å². The first kappa shape index (κ1) is 22.3. The number of hydrogen-bond acceptors (Lipinski definition) is 3. The number of furan rings is 1. The maximum absolute atomic E-state index is 12.6. The van der Waals surface area contributed by atoms with Gasteiger partial charge in [-0.25, -0.2) is 4.98 Å². The second-order valence-electron chi connectivity index (χ2n) is 10.4. The fraction of sp³-hybridized carbons (Fsp3) is 0.429. The molecule has 0 fully saturated rings. The number of nitrogens with zero attached hydrogens (tertiary/aromatic N) is 1. The number of carbonyl (C=O) groups excluding carboxylic acids is 1. The van der Waals surface area contributed by atoms with Crippen LogP contribution in [0.3, 0.4) is 0 Å². The van der Waals surface area contributed by atoms with E-state index >= 15 is 0 Å². The van der Waals surface area contributed by atoms with Gasteiger partial charge in [0.1, 0.15) is 11.6 Å². The number of anilines is 1. The van der Waals surface area contributed by atoms with Crippen molar-refractivity contribution in [3.05, 3.63) is 81.9 Å². The lowest BCUT2D eigenvalue weighted by Crippen LogP contribution is -2.34. The van der Waals surface area contributed by atoms with Crippen LogP contribution in [0.2, 0.25) is 0 Å². The Morgan fingerprint density at radius 3 is 2.41 bits per heavy atom. The highest BCUT2D eigenvalue weighted by atomic mass is 16.3. The molecule has 0 spiro atoms. The van der Waals surface area contributed by atoms with Gasteiger partial charge in [-0.05, 0) is 89.1 Å². The number of benzene rings is 1. The standard InChI is InChI=1S/C28H34N2O2/c1-7-19-10-13-29-25(15-19)30-26(31)24-9-8-21(32-24)16-20-17-23-22(14-18(20)2)27(3,4)11-12-28(23,5)6/h8-10,13-15,17H,7,11-12,16H2,1-6H3,(H,29,30,31). The van der Waals surface area contributed by atoms with Gasteiger partial charge in [0.2, 0.25) is 0 Å². The molecule has 4 heteroatoms. The number of pyridine rings is 1. The third-order valence-electron chi connectivity index (χ3n) is 7.03. The Bertz CT molecular complexity index is 1150. The van der Waals surface area contributed by atoms with Crippen LogP contribution in [0, 0.1) is 6.92 Å². The zero-order valence-corrected chi connectivity index (χ0v) is 20.1. The summed E-state index contributed by atoms with van der Waals surface area (Å²) in [7, 11) is 0. The minimum Gasteiger partial charge on any atom is -0.456 e. The second-order valence-corrected chi connectivity index (χ2v) is 10.4. The van der Waals surface area contributed by atoms with E-state index in [1.165, 1.54) is 35.1 Å². The van der Waals surface area contributed by atoms with Crippen molar-refractivity contribution in [3.8, 4) is 0 Å². The van der Waals surface area contributed by atoms with Gasteiger partial charge in [0.15, 0.2) is 5.76 Å². The van der Waals surface area contributed by atoms with Crippen molar-refractivity contribution in [2.24, 2.45) is 0 Å². The zero-order valence-electron chi connectivity index (χ0n) is 20.1. The fourth-order valence-corrected chi connectivity index (χ4v) is 4.68. The number of aryl methyl sites for hydroxylation is 2. The average molecular weight is 431 g/mol. The third kappa shape index (κ3) is 4.36. The van der Waals surface area contributed by atoms with Gasteiger partial charge in [0, 0.05) is 12.6 Å². The number of nitrogens with one attached hydrogen (secondary N) is 1. The summed E-state index contributed by atoms with van der Waals surface area (Å²) in [5, 5.41) is 2.84. The van der Waals surface area contributed by atoms with E-state index in [4.69, 9.17) is 4.42 Å². The van der Waals surface area contributed by atoms with Gasteiger partial charge in [-0.15, -0.1) is 0 Å². The summed E-state index contributed by atoms with van der Waals surface area (Å²) in [4.78, 5) is 16.9. The van der Waals surface area contributed by atoms with Crippen molar-refractivity contribution in [1.82, 2.24) is 4.98 Å². The van der Waals surface area contributed by atoms with E-state index in [0.29, 0.717) is 18.0 Å². The van der Waals surface area contributed by atoms with Crippen LogP contribution < -0.4 is 5.32 Å². The van der Waals surface area contributed by atoms with Crippen LogP contribution in [0.1, 0.15) is 91.6 Å². The highest BCUT2D eigenvalue weighted by molar-refractivity contribution is 6.01. The number of hydrogen-bond donors (Lipinski definition) is 1. The summed E-state index contributed by atoms with van der Waals surface area (Å²) in [5.74, 6) is 1.37. The fourth-order valence-electron chi connectivity index (χ4n) is 4.68. The van der Waals surface area contributed by atoms with Crippen LogP contribution in [0.4, 0.5) is 5.82 Å². The van der Waals surface area contributed by atoms with Crippen LogP contribution in [0.5, 0.6) is 0 Å². The minimum absolute atomic E-state index is 0.168. The molecule has 1 aliphatic carbocycles. The van der Waals surface area contributed by atoms with Gasteiger partial charge in [-0.1, -0.05) is 46.8 Å². The lowest BCUT2D eigenvalue weighted by molar-refractivity contribution is 0.0994. The molecule has 0 unspecified atom stereocenters. The molecule has 2 aromatic heterocycles. The van der Waals surface area contributed by atoms with Gasteiger partial charge >= 0.3 is 0 Å². The lowest BCUT2D eigenvalue weighted by Gasteiger charge is -2.42. The Balaban J connectivity index is 1.55. The normalized spacial score (nSPS) is 16.4. The summed E-state index contributed by atoms with van der Waals surface area (Å²) in [6.45, 7) is 13.6. The van der Waals surface area contributed by atoms with Crippen molar-refractivity contribution in [2.45, 2.75) is 78.1 Å². The number of amides is 1. The van der Waals surface area contributed by atoms with Crippen LogP contribution in [-0.2, 0) is 23.7 Å². The quantitative estimate of drug-likeness (QED) is 0.488. The van der Waals surface area contributed by atoms with E-state index in [-0.39, 0.29) is 16.7 Å². The molecule has 0 atom stereocenters. The molecule has 2 heterocycles. The van der Waals surface area contributed by atoms with Crippen molar-refractivity contribution < 1.29 is 9.21 Å². The van der Waals surface area contributed by atoms with E-state index in [0.717, 1.165) is 17.7 Å². The smallest absolute Gasteiger partial charge is 0.292 e. The maximum atomic E-state index is 12.6. The molecule has 32 heavy (non-hydrogen) atoms. The SMILES string of the molecule is CCc1ccnc(NC(=O)c2ccc(Cc3cc4c(cc3C)C(C)(C)CCC4(C)C)o2)c1. The van der Waals surface area contributed by atoms with Gasteiger partial charge in [-0.2, -0.15) is 0 Å². The number of rotatable bonds is 5. The summed E-state index contributed by atoms with van der Waals surface area (Å²) in [6, 6.07) is 12.2. The van der Waals surface area contributed by atoms with Crippen LogP contribution in [0.15, 0.2) is 47.0 Å². The molecular weight excluding hydrogens is 396 g/mol. The molecule has 0 saturated carbocycles. The minimum atomic E-state index is -0.276. The first-order valence-electron chi connectivity index (χ1n) is 11.6. The van der Waals surface area contributed by atoms with Crippen LogP contribution in [-0.4, -0.2) is 10.9 Å². The molecule has 0 bridgehead atoms. The Labute approximate surface area is 191 Å². The third-order valence-corrected chi connectivity index (χ3v) is 7.03. The summed E-state index contributed by atoms with van der Waals surface area (Å²) >= 11 is 0. The summed E-state index contributed by atoms with van der Waals surface area (Å²) < 4.78 is 5.93. The molecule has 0 radical (unpaired) electrons. The molecule has 1 N–H and O–H groups in total. The number of aromatic nitrogens is 1. The Kier molecular flexibility index (Phi) is 5.74. The molecule has 0 aliphatic heterocycles. The predicted octanol–water partition coefficient (Wildman–Crippen LogP) is 6.74. The highest BCUT2D eigenvalue weighted by Crippen LogP contribution is 2.46. The molecule has 3 aromatic rings. The predicted molar refractivity (Wildman–Crippen MR) is 130 cm³/mol. The van der Waals surface area contributed by atoms with Crippen LogP contribution >= 0.6 is 0 Å². The molecule has 1 aliphatic rings. The van der Waals surface area contributed by atoms with Gasteiger partial charge in [0.05, 0.1) is 0 Å². The molecule has 168 valence electrons. The van der Waals surface area contributed by atoms with Crippen molar-refractivity contribution in [3.63, 3.8) is 0 Å². The van der Waals surface area contributed by atoms with E-state index in [1.54, 1.807) is 12.3 Å². The van der Waals surface area contributed by atoms with Gasteiger partial charge < -0.3 is 9.73 Å². The summed E-state index contributed by atoms with van der Waals surface area (Å²) in [6.07, 6.45) is 5.67. The second kappa shape index (κ2) is 8.23. The topological polar surface area (TPSA) is 55.1 Å².